The normalized spacial score (nSPS) is 23.4. The van der Waals surface area contributed by atoms with Crippen molar-refractivity contribution in [1.29, 1.82) is 0 Å². The number of nitrogens with zero attached hydrogens (tertiary/aromatic N) is 1. The Morgan fingerprint density at radius 3 is 3.00 bits per heavy atom. The Bertz CT molecular complexity index is 543. The van der Waals surface area contributed by atoms with Crippen molar-refractivity contribution >= 4 is 16.7 Å². The molecule has 2 atom stereocenters. The highest BCUT2D eigenvalue weighted by atomic mass is 16.5. The molecule has 1 aliphatic rings. The van der Waals surface area contributed by atoms with Gasteiger partial charge in [-0.1, -0.05) is 18.2 Å². The van der Waals surface area contributed by atoms with Crippen molar-refractivity contribution in [2.45, 2.75) is 12.1 Å². The first-order valence-electron chi connectivity index (χ1n) is 6.22. The summed E-state index contributed by atoms with van der Waals surface area (Å²) in [5, 5.41) is 7.91. The van der Waals surface area contributed by atoms with Crippen LogP contribution < -0.4 is 10.6 Å². The summed E-state index contributed by atoms with van der Waals surface area (Å²) in [5.74, 6) is 0.907. The molecule has 4 nitrogen and oxygen atoms in total. The van der Waals surface area contributed by atoms with Crippen LogP contribution in [0.25, 0.3) is 10.9 Å². The fourth-order valence-electron chi connectivity index (χ4n) is 2.38. The first-order valence-corrected chi connectivity index (χ1v) is 6.22. The molecular weight excluding hydrogens is 226 g/mol. The average molecular weight is 243 g/mol. The van der Waals surface area contributed by atoms with Crippen molar-refractivity contribution in [2.24, 2.45) is 0 Å². The molecule has 94 valence electrons. The molecule has 0 spiro atoms. The first kappa shape index (κ1) is 11.4. The smallest absolute Gasteiger partial charge is 0.127 e. The van der Waals surface area contributed by atoms with Crippen LogP contribution in [0.2, 0.25) is 0 Å². The van der Waals surface area contributed by atoms with Crippen LogP contribution in [0, 0.1) is 0 Å². The van der Waals surface area contributed by atoms with Gasteiger partial charge in [-0.15, -0.1) is 0 Å². The quantitative estimate of drug-likeness (QED) is 0.860. The predicted octanol–water partition coefficient (Wildman–Crippen LogP) is 1.63. The van der Waals surface area contributed by atoms with Crippen LogP contribution in [0.4, 0.5) is 5.82 Å². The molecule has 4 heteroatoms. The lowest BCUT2D eigenvalue weighted by Gasteiger charge is -2.19. The Morgan fingerprint density at radius 2 is 2.11 bits per heavy atom. The highest BCUT2D eigenvalue weighted by Crippen LogP contribution is 2.17. The number of hydrogen-bond donors (Lipinski definition) is 2. The van der Waals surface area contributed by atoms with Crippen molar-refractivity contribution in [2.75, 3.05) is 25.5 Å². The number of rotatable bonds is 3. The van der Waals surface area contributed by atoms with Gasteiger partial charge in [-0.2, -0.15) is 0 Å². The second-order valence-electron chi connectivity index (χ2n) is 4.57. The van der Waals surface area contributed by atoms with Crippen molar-refractivity contribution in [3.63, 3.8) is 0 Å². The van der Waals surface area contributed by atoms with Crippen LogP contribution in [0.3, 0.4) is 0 Å². The molecule has 2 N–H and O–H groups in total. The number of fused-ring (bicyclic) bond motifs is 1. The Morgan fingerprint density at radius 1 is 1.22 bits per heavy atom. The van der Waals surface area contributed by atoms with Gasteiger partial charge < -0.3 is 15.4 Å². The van der Waals surface area contributed by atoms with Gasteiger partial charge in [0, 0.05) is 25.6 Å². The summed E-state index contributed by atoms with van der Waals surface area (Å²) in [6, 6.07) is 12.5. The molecule has 1 aromatic carbocycles. The molecule has 3 rings (SSSR count). The van der Waals surface area contributed by atoms with E-state index in [1.807, 2.05) is 24.3 Å². The van der Waals surface area contributed by atoms with E-state index in [2.05, 4.69) is 27.8 Å². The maximum atomic E-state index is 5.43. The average Bonchev–Trinajstić information content (AvgIpc) is 2.86. The largest absolute Gasteiger partial charge is 0.378 e. The molecule has 1 fully saturated rings. The lowest BCUT2D eigenvalue weighted by atomic mass is 10.2. The molecule has 2 heterocycles. The fourth-order valence-corrected chi connectivity index (χ4v) is 2.38. The summed E-state index contributed by atoms with van der Waals surface area (Å²) in [5.41, 5.74) is 1.02. The summed E-state index contributed by atoms with van der Waals surface area (Å²) < 4.78 is 5.43. The van der Waals surface area contributed by atoms with E-state index in [0.29, 0.717) is 0 Å². The lowest BCUT2D eigenvalue weighted by Crippen LogP contribution is -2.33. The van der Waals surface area contributed by atoms with Crippen molar-refractivity contribution in [3.8, 4) is 0 Å². The molecule has 1 unspecified atom stereocenters. The maximum absolute atomic E-state index is 5.43. The number of pyridine rings is 1. The van der Waals surface area contributed by atoms with E-state index in [1.165, 1.54) is 0 Å². The van der Waals surface area contributed by atoms with Crippen LogP contribution in [-0.4, -0.2) is 37.3 Å². The van der Waals surface area contributed by atoms with Crippen LogP contribution in [0.5, 0.6) is 0 Å². The molecule has 18 heavy (non-hydrogen) atoms. The topological polar surface area (TPSA) is 46.2 Å². The summed E-state index contributed by atoms with van der Waals surface area (Å²) in [4.78, 5) is 4.61. The Labute approximate surface area is 106 Å². The number of benzene rings is 1. The molecule has 1 aromatic heterocycles. The maximum Gasteiger partial charge on any atom is 0.127 e. The van der Waals surface area contributed by atoms with Gasteiger partial charge in [-0.05, 0) is 18.2 Å². The summed E-state index contributed by atoms with van der Waals surface area (Å²) >= 11 is 0. The van der Waals surface area contributed by atoms with Crippen LogP contribution in [0.1, 0.15) is 0 Å². The zero-order chi connectivity index (χ0) is 12.4. The standard InChI is InChI=1S/C14H17N3O/c1-18-13-9-15-8-12(13)17-14-7-6-10-4-2-3-5-11(10)16-14/h2-7,12-13,15H,8-9H2,1H3,(H,16,17)/t12?,13-/m1/s1. The van der Waals surface area contributed by atoms with E-state index in [1.54, 1.807) is 7.11 Å². The first-order chi connectivity index (χ1) is 8.86. The monoisotopic (exact) mass is 243 g/mol. The molecule has 0 bridgehead atoms. The van der Waals surface area contributed by atoms with Crippen molar-refractivity contribution in [3.05, 3.63) is 36.4 Å². The SMILES string of the molecule is CO[C@@H]1CNCC1Nc1ccc2ccccc2n1. The zero-order valence-electron chi connectivity index (χ0n) is 10.4. The van der Waals surface area contributed by atoms with Gasteiger partial charge in [0.05, 0.1) is 17.7 Å². The number of para-hydroxylation sites is 1. The minimum absolute atomic E-state index is 0.207. The predicted molar refractivity (Wildman–Crippen MR) is 72.8 cm³/mol. The second kappa shape index (κ2) is 4.92. The van der Waals surface area contributed by atoms with Gasteiger partial charge in [0.1, 0.15) is 5.82 Å². The van der Waals surface area contributed by atoms with Crippen LogP contribution in [0.15, 0.2) is 36.4 Å². The van der Waals surface area contributed by atoms with E-state index in [-0.39, 0.29) is 12.1 Å². The van der Waals surface area contributed by atoms with E-state index in [0.717, 1.165) is 29.8 Å². The van der Waals surface area contributed by atoms with E-state index in [9.17, 15) is 0 Å². The second-order valence-corrected chi connectivity index (χ2v) is 4.57. The number of ether oxygens (including phenoxy) is 1. The molecule has 1 saturated heterocycles. The number of methoxy groups -OCH3 is 1. The van der Waals surface area contributed by atoms with Gasteiger partial charge in [-0.3, -0.25) is 0 Å². The number of hydrogen-bond acceptors (Lipinski definition) is 4. The fraction of sp³-hybridized carbons (Fsp3) is 0.357. The number of aromatic nitrogens is 1. The molecule has 2 aromatic rings. The van der Waals surface area contributed by atoms with E-state index in [4.69, 9.17) is 4.74 Å². The van der Waals surface area contributed by atoms with E-state index >= 15 is 0 Å². The molecular formula is C14H17N3O. The Balaban J connectivity index is 1.82. The van der Waals surface area contributed by atoms with Gasteiger partial charge in [0.25, 0.3) is 0 Å². The molecule has 0 radical (unpaired) electrons. The lowest BCUT2D eigenvalue weighted by molar-refractivity contribution is 0.111. The minimum Gasteiger partial charge on any atom is -0.378 e. The van der Waals surface area contributed by atoms with E-state index < -0.39 is 0 Å². The minimum atomic E-state index is 0.207. The van der Waals surface area contributed by atoms with Crippen LogP contribution >= 0.6 is 0 Å². The van der Waals surface area contributed by atoms with Gasteiger partial charge in [0.2, 0.25) is 0 Å². The number of nitrogens with one attached hydrogen (secondary N) is 2. The third kappa shape index (κ3) is 2.17. The third-order valence-electron chi connectivity index (χ3n) is 3.39. The third-order valence-corrected chi connectivity index (χ3v) is 3.39. The van der Waals surface area contributed by atoms with Crippen molar-refractivity contribution < 1.29 is 4.74 Å². The Hall–Kier alpha value is -1.65. The molecule has 0 saturated carbocycles. The summed E-state index contributed by atoms with van der Waals surface area (Å²) in [7, 11) is 1.75. The number of anilines is 1. The zero-order valence-corrected chi connectivity index (χ0v) is 10.4. The molecule has 0 aliphatic carbocycles. The van der Waals surface area contributed by atoms with Crippen LogP contribution in [-0.2, 0) is 4.74 Å². The Kier molecular flexibility index (Phi) is 3.13. The highest BCUT2D eigenvalue weighted by Gasteiger charge is 2.26. The summed E-state index contributed by atoms with van der Waals surface area (Å²) in [6.07, 6.45) is 0.207. The van der Waals surface area contributed by atoms with Gasteiger partial charge in [-0.25, -0.2) is 4.98 Å². The highest BCUT2D eigenvalue weighted by molar-refractivity contribution is 5.80. The van der Waals surface area contributed by atoms with Gasteiger partial charge in [0.15, 0.2) is 0 Å². The van der Waals surface area contributed by atoms with Gasteiger partial charge >= 0.3 is 0 Å². The molecule has 1 aliphatic heterocycles. The molecule has 0 amide bonds. The summed E-state index contributed by atoms with van der Waals surface area (Å²) in [6.45, 7) is 1.80. The van der Waals surface area contributed by atoms with Crippen molar-refractivity contribution in [1.82, 2.24) is 10.3 Å².